The van der Waals surface area contributed by atoms with E-state index in [0.717, 1.165) is 16.8 Å². The summed E-state index contributed by atoms with van der Waals surface area (Å²) in [6.07, 6.45) is 0.476. The topological polar surface area (TPSA) is 38.3 Å². The molecule has 20 heavy (non-hydrogen) atoms. The molecule has 0 bridgehead atoms. The van der Waals surface area contributed by atoms with Crippen molar-refractivity contribution in [3.8, 4) is 5.75 Å². The Morgan fingerprint density at radius 2 is 2.05 bits per heavy atom. The maximum atomic E-state index is 13.7. The first-order chi connectivity index (χ1) is 9.69. The Morgan fingerprint density at radius 3 is 2.80 bits per heavy atom. The quantitative estimate of drug-likeness (QED) is 0.931. The average Bonchev–Trinajstić information content (AvgIpc) is 2.76. The van der Waals surface area contributed by atoms with Crippen molar-refractivity contribution in [2.75, 3.05) is 12.4 Å². The highest BCUT2D eigenvalue weighted by molar-refractivity contribution is 6.03. The fourth-order valence-electron chi connectivity index (χ4n) is 2.55. The number of nitrogens with one attached hydrogen (secondary N) is 1. The van der Waals surface area contributed by atoms with Gasteiger partial charge in [-0.1, -0.05) is 24.3 Å². The highest BCUT2D eigenvalue weighted by Gasteiger charge is 2.30. The van der Waals surface area contributed by atoms with Crippen molar-refractivity contribution < 1.29 is 13.9 Å². The maximum absolute atomic E-state index is 13.7. The minimum Gasteiger partial charge on any atom is -0.494 e. The van der Waals surface area contributed by atoms with Gasteiger partial charge in [-0.15, -0.1) is 0 Å². The highest BCUT2D eigenvalue weighted by atomic mass is 19.1. The molecule has 1 amide bonds. The highest BCUT2D eigenvalue weighted by Crippen LogP contribution is 2.34. The summed E-state index contributed by atoms with van der Waals surface area (Å²) in [7, 11) is 1.43. The number of amides is 1. The number of carbonyl (C=O) groups is 1. The molecule has 4 heteroatoms. The van der Waals surface area contributed by atoms with E-state index in [-0.39, 0.29) is 17.6 Å². The van der Waals surface area contributed by atoms with E-state index in [4.69, 9.17) is 4.74 Å². The molecular weight excluding hydrogens is 257 g/mol. The SMILES string of the molecule is COc1ccc(CC2C(=O)Nc3ccccc32)cc1F. The summed E-state index contributed by atoms with van der Waals surface area (Å²) in [5.74, 6) is -0.497. The molecule has 0 spiro atoms. The van der Waals surface area contributed by atoms with E-state index >= 15 is 0 Å². The van der Waals surface area contributed by atoms with Gasteiger partial charge in [-0.3, -0.25) is 4.79 Å². The van der Waals surface area contributed by atoms with Gasteiger partial charge in [-0.25, -0.2) is 4.39 Å². The number of rotatable bonds is 3. The van der Waals surface area contributed by atoms with Crippen LogP contribution in [0.5, 0.6) is 5.75 Å². The van der Waals surface area contributed by atoms with Gasteiger partial charge in [0.05, 0.1) is 13.0 Å². The summed E-state index contributed by atoms with van der Waals surface area (Å²) in [4.78, 5) is 12.0. The van der Waals surface area contributed by atoms with Gasteiger partial charge in [0.15, 0.2) is 11.6 Å². The molecule has 1 aliphatic heterocycles. The van der Waals surface area contributed by atoms with Crippen molar-refractivity contribution in [1.29, 1.82) is 0 Å². The van der Waals surface area contributed by atoms with E-state index in [1.165, 1.54) is 13.2 Å². The molecule has 3 nitrogen and oxygen atoms in total. The molecule has 3 rings (SSSR count). The molecule has 1 N–H and O–H groups in total. The van der Waals surface area contributed by atoms with E-state index < -0.39 is 5.82 Å². The van der Waals surface area contributed by atoms with Crippen molar-refractivity contribution in [2.45, 2.75) is 12.3 Å². The summed E-state index contributed by atoms with van der Waals surface area (Å²) in [6.45, 7) is 0. The van der Waals surface area contributed by atoms with Crippen LogP contribution in [0.25, 0.3) is 0 Å². The summed E-state index contributed by atoms with van der Waals surface area (Å²) < 4.78 is 18.6. The fourth-order valence-corrected chi connectivity index (χ4v) is 2.55. The Balaban J connectivity index is 1.88. The van der Waals surface area contributed by atoms with Crippen molar-refractivity contribution in [3.05, 3.63) is 59.4 Å². The van der Waals surface area contributed by atoms with Crippen molar-refractivity contribution >= 4 is 11.6 Å². The zero-order valence-corrected chi connectivity index (χ0v) is 11.0. The van der Waals surface area contributed by atoms with Gasteiger partial charge in [0.1, 0.15) is 0 Å². The molecule has 1 heterocycles. The number of benzene rings is 2. The van der Waals surface area contributed by atoms with E-state index in [0.29, 0.717) is 6.42 Å². The minimum absolute atomic E-state index is 0.0394. The smallest absolute Gasteiger partial charge is 0.232 e. The lowest BCUT2D eigenvalue weighted by molar-refractivity contribution is -0.117. The van der Waals surface area contributed by atoms with Gasteiger partial charge < -0.3 is 10.1 Å². The third-order valence-electron chi connectivity index (χ3n) is 3.57. The second-order valence-electron chi connectivity index (χ2n) is 4.80. The van der Waals surface area contributed by atoms with E-state index in [2.05, 4.69) is 5.32 Å². The van der Waals surface area contributed by atoms with Crippen LogP contribution >= 0.6 is 0 Å². The Hall–Kier alpha value is -2.36. The molecular formula is C16H14FNO2. The molecule has 2 aromatic rings. The average molecular weight is 271 g/mol. The molecule has 102 valence electrons. The molecule has 1 atom stereocenters. The first kappa shape index (κ1) is 12.7. The number of hydrogen-bond donors (Lipinski definition) is 1. The standard InChI is InChI=1S/C16H14FNO2/c1-20-15-7-6-10(9-13(15)17)8-12-11-4-2-3-5-14(11)18-16(12)19/h2-7,9,12H,8H2,1H3,(H,18,19). The largest absolute Gasteiger partial charge is 0.494 e. The number of anilines is 1. The fraction of sp³-hybridized carbons (Fsp3) is 0.188. The summed E-state index contributed by atoms with van der Waals surface area (Å²) >= 11 is 0. The van der Waals surface area contributed by atoms with Gasteiger partial charge in [0.25, 0.3) is 0 Å². The molecule has 2 aromatic carbocycles. The lowest BCUT2D eigenvalue weighted by Gasteiger charge is -2.10. The van der Waals surface area contributed by atoms with E-state index in [9.17, 15) is 9.18 Å². The van der Waals surface area contributed by atoms with Crippen LogP contribution in [-0.2, 0) is 11.2 Å². The minimum atomic E-state index is -0.406. The normalized spacial score (nSPS) is 16.7. The number of hydrogen-bond acceptors (Lipinski definition) is 2. The van der Waals surface area contributed by atoms with Gasteiger partial charge in [0.2, 0.25) is 5.91 Å². The van der Waals surface area contributed by atoms with Gasteiger partial charge in [0, 0.05) is 5.69 Å². The molecule has 0 fully saturated rings. The first-order valence-corrected chi connectivity index (χ1v) is 6.41. The van der Waals surface area contributed by atoms with E-state index in [1.807, 2.05) is 24.3 Å². The zero-order valence-electron chi connectivity index (χ0n) is 11.0. The predicted octanol–water partition coefficient (Wildman–Crippen LogP) is 3.11. The summed E-state index contributed by atoms with van der Waals surface area (Å²) in [5.41, 5.74) is 2.59. The van der Waals surface area contributed by atoms with Crippen molar-refractivity contribution in [1.82, 2.24) is 0 Å². The van der Waals surface area contributed by atoms with Crippen LogP contribution < -0.4 is 10.1 Å². The van der Waals surface area contributed by atoms with Crippen LogP contribution in [0, 0.1) is 5.82 Å². The van der Waals surface area contributed by atoms with Crippen LogP contribution in [0.1, 0.15) is 17.0 Å². The monoisotopic (exact) mass is 271 g/mol. The van der Waals surface area contributed by atoms with Crippen LogP contribution in [-0.4, -0.2) is 13.0 Å². The Bertz CT molecular complexity index is 669. The number of carbonyl (C=O) groups excluding carboxylic acids is 1. The molecule has 0 saturated carbocycles. The van der Waals surface area contributed by atoms with Gasteiger partial charge >= 0.3 is 0 Å². The number of ether oxygens (including phenoxy) is 1. The predicted molar refractivity (Wildman–Crippen MR) is 74.5 cm³/mol. The second-order valence-corrected chi connectivity index (χ2v) is 4.80. The van der Waals surface area contributed by atoms with Crippen molar-refractivity contribution in [2.24, 2.45) is 0 Å². The molecule has 1 unspecified atom stereocenters. The van der Waals surface area contributed by atoms with E-state index in [1.54, 1.807) is 12.1 Å². The van der Waals surface area contributed by atoms with Crippen LogP contribution in [0.2, 0.25) is 0 Å². The zero-order chi connectivity index (χ0) is 14.1. The van der Waals surface area contributed by atoms with Gasteiger partial charge in [-0.05, 0) is 35.7 Å². The van der Waals surface area contributed by atoms with Crippen LogP contribution in [0.4, 0.5) is 10.1 Å². The Morgan fingerprint density at radius 1 is 1.25 bits per heavy atom. The Kier molecular flexibility index (Phi) is 3.14. The van der Waals surface area contributed by atoms with Gasteiger partial charge in [-0.2, -0.15) is 0 Å². The molecule has 0 aromatic heterocycles. The summed E-state index contributed by atoms with van der Waals surface area (Å²) in [5, 5.41) is 2.85. The molecule has 0 saturated heterocycles. The maximum Gasteiger partial charge on any atom is 0.232 e. The second kappa shape index (κ2) is 4.96. The van der Waals surface area contributed by atoms with Crippen LogP contribution in [0.3, 0.4) is 0 Å². The number of halogens is 1. The summed E-state index contributed by atoms with van der Waals surface area (Å²) in [6, 6.07) is 12.4. The van der Waals surface area contributed by atoms with Crippen LogP contribution in [0.15, 0.2) is 42.5 Å². The molecule has 1 aliphatic rings. The number of para-hydroxylation sites is 1. The molecule has 0 radical (unpaired) electrons. The third kappa shape index (κ3) is 2.13. The van der Waals surface area contributed by atoms with Crippen molar-refractivity contribution in [3.63, 3.8) is 0 Å². The lowest BCUT2D eigenvalue weighted by Crippen LogP contribution is -2.14. The first-order valence-electron chi connectivity index (χ1n) is 6.41. The number of fused-ring (bicyclic) bond motifs is 1. The number of methoxy groups -OCH3 is 1. The third-order valence-corrected chi connectivity index (χ3v) is 3.57. The Labute approximate surface area is 116 Å². The lowest BCUT2D eigenvalue weighted by atomic mass is 9.93. The molecule has 0 aliphatic carbocycles.